The van der Waals surface area contributed by atoms with Gasteiger partial charge in [-0.1, -0.05) is 24.3 Å². The largest absolute Gasteiger partial charge is 0.495 e. The summed E-state index contributed by atoms with van der Waals surface area (Å²) in [4.78, 5) is 11.4. The number of ether oxygens (including phenoxy) is 1. The predicted octanol–water partition coefficient (Wildman–Crippen LogP) is 3.33. The minimum atomic E-state index is -4.06. The monoisotopic (exact) mass is 414 g/mol. The molecule has 0 saturated carbocycles. The second kappa shape index (κ2) is 8.32. The third-order valence-electron chi connectivity index (χ3n) is 4.29. The fourth-order valence-electron chi connectivity index (χ4n) is 2.86. The lowest BCUT2D eigenvalue weighted by molar-refractivity contribution is 0.1000. The van der Waals surface area contributed by atoms with E-state index in [2.05, 4.69) is 0 Å². The number of carbonyl (C=O) groups excluding carboxylic acids is 1. The van der Waals surface area contributed by atoms with Gasteiger partial charge in [0.15, 0.2) is 0 Å². The molecular formula is C21H19FN2O4S. The zero-order valence-corrected chi connectivity index (χ0v) is 16.4. The molecule has 0 radical (unpaired) electrons. The molecule has 8 heteroatoms. The number of amides is 1. The Morgan fingerprint density at radius 2 is 1.72 bits per heavy atom. The number of primary amides is 1. The van der Waals surface area contributed by atoms with Crippen molar-refractivity contribution >= 4 is 21.6 Å². The van der Waals surface area contributed by atoms with Crippen molar-refractivity contribution in [3.05, 3.63) is 89.7 Å². The molecule has 0 bridgehead atoms. The van der Waals surface area contributed by atoms with Crippen molar-refractivity contribution in [2.45, 2.75) is 11.4 Å². The van der Waals surface area contributed by atoms with E-state index in [0.717, 1.165) is 16.4 Å². The number of sulfonamides is 1. The van der Waals surface area contributed by atoms with E-state index >= 15 is 0 Å². The molecule has 1 amide bonds. The van der Waals surface area contributed by atoms with Crippen LogP contribution in [0.5, 0.6) is 5.75 Å². The summed E-state index contributed by atoms with van der Waals surface area (Å²) in [7, 11) is -2.62. The van der Waals surface area contributed by atoms with Gasteiger partial charge in [0.1, 0.15) is 11.6 Å². The Morgan fingerprint density at radius 3 is 2.38 bits per heavy atom. The Labute approximate surface area is 168 Å². The molecule has 0 spiro atoms. The van der Waals surface area contributed by atoms with Crippen LogP contribution in [0.3, 0.4) is 0 Å². The molecule has 3 aromatic rings. The van der Waals surface area contributed by atoms with Crippen molar-refractivity contribution in [2.24, 2.45) is 5.73 Å². The number of nitrogens with zero attached hydrogens (tertiary/aromatic N) is 1. The Bertz CT molecular complexity index is 1130. The highest BCUT2D eigenvalue weighted by Gasteiger charge is 2.27. The summed E-state index contributed by atoms with van der Waals surface area (Å²) < 4.78 is 46.6. The molecule has 0 unspecified atom stereocenters. The maximum Gasteiger partial charge on any atom is 0.264 e. The second-order valence-electron chi connectivity index (χ2n) is 6.20. The first-order valence-corrected chi connectivity index (χ1v) is 10.1. The zero-order chi connectivity index (χ0) is 21.0. The van der Waals surface area contributed by atoms with Crippen molar-refractivity contribution in [1.29, 1.82) is 0 Å². The molecule has 0 saturated heterocycles. The van der Waals surface area contributed by atoms with Crippen molar-refractivity contribution in [3.8, 4) is 5.75 Å². The standard InChI is InChI=1S/C21H19FN2O4S/c1-28-20-8-3-2-7-19(20)24(14-15-5-4-6-16(13-15)21(23)25)29(26,27)18-11-9-17(22)10-12-18/h2-13H,14H2,1H3,(H2,23,25). The van der Waals surface area contributed by atoms with Crippen LogP contribution in [-0.2, 0) is 16.6 Å². The maximum atomic E-state index is 13.4. The number of methoxy groups -OCH3 is 1. The first-order chi connectivity index (χ1) is 13.8. The van der Waals surface area contributed by atoms with Crippen molar-refractivity contribution in [1.82, 2.24) is 0 Å². The van der Waals surface area contributed by atoms with Crippen LogP contribution in [-0.4, -0.2) is 21.4 Å². The van der Waals surface area contributed by atoms with Gasteiger partial charge in [-0.3, -0.25) is 9.10 Å². The number of para-hydroxylation sites is 2. The number of anilines is 1. The molecule has 0 aliphatic heterocycles. The molecule has 150 valence electrons. The summed E-state index contributed by atoms with van der Waals surface area (Å²) >= 11 is 0. The minimum Gasteiger partial charge on any atom is -0.495 e. The third kappa shape index (κ3) is 4.38. The summed E-state index contributed by atoms with van der Waals surface area (Å²) in [6.45, 7) is -0.0821. The molecular weight excluding hydrogens is 395 g/mol. The summed E-state index contributed by atoms with van der Waals surface area (Å²) in [5.74, 6) is -0.803. The van der Waals surface area contributed by atoms with Gasteiger partial charge in [-0.2, -0.15) is 0 Å². The Hall–Kier alpha value is -3.39. The molecule has 0 aliphatic carbocycles. The van der Waals surface area contributed by atoms with Gasteiger partial charge in [0.2, 0.25) is 5.91 Å². The van der Waals surface area contributed by atoms with Crippen LogP contribution >= 0.6 is 0 Å². The maximum absolute atomic E-state index is 13.4. The Morgan fingerprint density at radius 1 is 1.03 bits per heavy atom. The van der Waals surface area contributed by atoms with E-state index in [1.54, 1.807) is 42.5 Å². The van der Waals surface area contributed by atoms with Crippen LogP contribution in [0, 0.1) is 5.82 Å². The lowest BCUT2D eigenvalue weighted by atomic mass is 10.1. The lowest BCUT2D eigenvalue weighted by Gasteiger charge is -2.26. The third-order valence-corrected chi connectivity index (χ3v) is 6.07. The fraction of sp³-hybridized carbons (Fsp3) is 0.0952. The van der Waals surface area contributed by atoms with E-state index in [1.807, 2.05) is 0 Å². The van der Waals surface area contributed by atoms with Crippen LogP contribution in [0.2, 0.25) is 0 Å². The van der Waals surface area contributed by atoms with E-state index in [0.29, 0.717) is 17.0 Å². The van der Waals surface area contributed by atoms with Gasteiger partial charge in [0.25, 0.3) is 10.0 Å². The first kappa shape index (κ1) is 20.3. The highest BCUT2D eigenvalue weighted by atomic mass is 32.2. The first-order valence-electron chi connectivity index (χ1n) is 8.63. The molecule has 3 aromatic carbocycles. The second-order valence-corrected chi connectivity index (χ2v) is 8.06. The Balaban J connectivity index is 2.13. The molecule has 0 aliphatic rings. The lowest BCUT2D eigenvalue weighted by Crippen LogP contribution is -2.31. The van der Waals surface area contributed by atoms with Crippen LogP contribution in [0.1, 0.15) is 15.9 Å². The van der Waals surface area contributed by atoms with Gasteiger partial charge in [0.05, 0.1) is 24.2 Å². The predicted molar refractivity (Wildman–Crippen MR) is 108 cm³/mol. The topological polar surface area (TPSA) is 89.7 Å². The van der Waals surface area contributed by atoms with Gasteiger partial charge in [-0.05, 0) is 54.1 Å². The normalized spacial score (nSPS) is 11.1. The smallest absolute Gasteiger partial charge is 0.264 e. The molecule has 2 N–H and O–H groups in total. The molecule has 3 rings (SSSR count). The van der Waals surface area contributed by atoms with Crippen molar-refractivity contribution in [2.75, 3.05) is 11.4 Å². The van der Waals surface area contributed by atoms with Gasteiger partial charge >= 0.3 is 0 Å². The number of carbonyl (C=O) groups is 1. The fourth-order valence-corrected chi connectivity index (χ4v) is 4.32. The summed E-state index contributed by atoms with van der Waals surface area (Å²) in [6, 6.07) is 17.6. The van der Waals surface area contributed by atoms with E-state index in [-0.39, 0.29) is 17.0 Å². The van der Waals surface area contributed by atoms with Gasteiger partial charge in [-0.15, -0.1) is 0 Å². The van der Waals surface area contributed by atoms with Crippen molar-refractivity contribution < 1.29 is 22.3 Å². The number of benzene rings is 3. The number of rotatable bonds is 7. The minimum absolute atomic E-state index is 0.0733. The molecule has 0 aromatic heterocycles. The number of nitrogens with two attached hydrogens (primary N) is 1. The number of hydrogen-bond acceptors (Lipinski definition) is 4. The van der Waals surface area contributed by atoms with Gasteiger partial charge < -0.3 is 10.5 Å². The van der Waals surface area contributed by atoms with Crippen molar-refractivity contribution in [3.63, 3.8) is 0 Å². The van der Waals surface area contributed by atoms with E-state index in [4.69, 9.17) is 10.5 Å². The van der Waals surface area contributed by atoms with E-state index < -0.39 is 21.7 Å². The summed E-state index contributed by atoms with van der Waals surface area (Å²) in [5.41, 5.74) is 6.46. The summed E-state index contributed by atoms with van der Waals surface area (Å²) in [5, 5.41) is 0. The van der Waals surface area contributed by atoms with Gasteiger partial charge in [0, 0.05) is 5.56 Å². The highest BCUT2D eigenvalue weighted by Crippen LogP contribution is 2.33. The molecule has 6 nitrogen and oxygen atoms in total. The summed E-state index contributed by atoms with van der Waals surface area (Å²) in [6.07, 6.45) is 0. The van der Waals surface area contributed by atoms with Crippen LogP contribution < -0.4 is 14.8 Å². The molecule has 29 heavy (non-hydrogen) atoms. The average Bonchev–Trinajstić information content (AvgIpc) is 2.72. The molecule has 0 atom stereocenters. The molecule has 0 heterocycles. The van der Waals surface area contributed by atoms with E-state index in [9.17, 15) is 17.6 Å². The Kier molecular flexibility index (Phi) is 5.84. The van der Waals surface area contributed by atoms with Crippen LogP contribution in [0.15, 0.2) is 77.7 Å². The van der Waals surface area contributed by atoms with Crippen LogP contribution in [0.25, 0.3) is 0 Å². The van der Waals surface area contributed by atoms with Crippen LogP contribution in [0.4, 0.5) is 10.1 Å². The van der Waals surface area contributed by atoms with E-state index in [1.165, 1.54) is 25.3 Å². The highest BCUT2D eigenvalue weighted by molar-refractivity contribution is 7.92. The molecule has 0 fully saturated rings. The SMILES string of the molecule is COc1ccccc1N(Cc1cccc(C(N)=O)c1)S(=O)(=O)c1ccc(F)cc1. The zero-order valence-electron chi connectivity index (χ0n) is 15.6. The number of hydrogen-bond donors (Lipinski definition) is 1. The number of halogens is 1. The van der Waals surface area contributed by atoms with Gasteiger partial charge in [-0.25, -0.2) is 12.8 Å². The average molecular weight is 414 g/mol. The quantitative estimate of drug-likeness (QED) is 0.642.